The maximum atomic E-state index is 14.2. The van der Waals surface area contributed by atoms with E-state index >= 15 is 0 Å². The number of rotatable bonds is 3. The van der Waals surface area contributed by atoms with Gasteiger partial charge in [0, 0.05) is 24.3 Å². The summed E-state index contributed by atoms with van der Waals surface area (Å²) in [6.07, 6.45) is 0.571. The number of hydrogen-bond donors (Lipinski definition) is 0. The highest BCUT2D eigenvalue weighted by molar-refractivity contribution is 6.12. The van der Waals surface area contributed by atoms with Crippen LogP contribution in [0.4, 0.5) is 4.39 Å². The Kier molecular flexibility index (Phi) is 4.36. The normalized spacial score (nSPS) is 16.5. The van der Waals surface area contributed by atoms with E-state index in [1.165, 1.54) is 18.0 Å². The van der Waals surface area contributed by atoms with Gasteiger partial charge in [0.2, 0.25) is 5.91 Å². The summed E-state index contributed by atoms with van der Waals surface area (Å²) in [6, 6.07) is 18.0. The summed E-state index contributed by atoms with van der Waals surface area (Å²) in [5, 5.41) is 7.45. The van der Waals surface area contributed by atoms with E-state index in [1.54, 1.807) is 19.2 Å². The van der Waals surface area contributed by atoms with Crippen molar-refractivity contribution in [1.82, 2.24) is 5.01 Å². The van der Waals surface area contributed by atoms with Crippen LogP contribution in [0.2, 0.25) is 0 Å². The zero-order valence-electron chi connectivity index (χ0n) is 15.1. The number of nitrogens with zero attached hydrogens (tertiary/aromatic N) is 2. The molecule has 5 heteroatoms. The van der Waals surface area contributed by atoms with E-state index in [4.69, 9.17) is 4.74 Å². The third-order valence-corrected chi connectivity index (χ3v) is 4.92. The number of benzene rings is 3. The van der Waals surface area contributed by atoms with Gasteiger partial charge in [-0.3, -0.25) is 4.79 Å². The first-order valence-corrected chi connectivity index (χ1v) is 8.77. The van der Waals surface area contributed by atoms with Gasteiger partial charge in [-0.1, -0.05) is 36.4 Å². The molecule has 1 atom stereocenters. The van der Waals surface area contributed by atoms with E-state index in [9.17, 15) is 9.18 Å². The van der Waals surface area contributed by atoms with E-state index in [2.05, 4.69) is 5.10 Å². The van der Waals surface area contributed by atoms with Gasteiger partial charge >= 0.3 is 0 Å². The molecule has 1 heterocycles. The van der Waals surface area contributed by atoms with Gasteiger partial charge < -0.3 is 4.74 Å². The van der Waals surface area contributed by atoms with Crippen LogP contribution in [0, 0.1) is 5.82 Å². The van der Waals surface area contributed by atoms with Crippen molar-refractivity contribution < 1.29 is 13.9 Å². The van der Waals surface area contributed by atoms with Crippen molar-refractivity contribution in [2.75, 3.05) is 7.11 Å². The molecule has 0 N–H and O–H groups in total. The van der Waals surface area contributed by atoms with Gasteiger partial charge in [0.1, 0.15) is 11.6 Å². The molecule has 1 amide bonds. The number of carbonyl (C=O) groups is 1. The Morgan fingerprint density at radius 2 is 1.78 bits per heavy atom. The maximum absolute atomic E-state index is 14.2. The quantitative estimate of drug-likeness (QED) is 0.679. The summed E-state index contributed by atoms with van der Waals surface area (Å²) in [7, 11) is 1.62. The number of hydrazone groups is 1. The molecular formula is C22H19FN2O2. The lowest BCUT2D eigenvalue weighted by molar-refractivity contribution is -0.130. The zero-order valence-corrected chi connectivity index (χ0v) is 15.1. The lowest BCUT2D eigenvalue weighted by Crippen LogP contribution is -2.24. The average Bonchev–Trinajstić information content (AvgIpc) is 3.14. The highest BCUT2D eigenvalue weighted by Gasteiger charge is 2.32. The lowest BCUT2D eigenvalue weighted by Gasteiger charge is -2.20. The molecule has 1 unspecified atom stereocenters. The Labute approximate surface area is 156 Å². The maximum Gasteiger partial charge on any atom is 0.240 e. The molecule has 4 nitrogen and oxygen atoms in total. The summed E-state index contributed by atoms with van der Waals surface area (Å²) in [5.41, 5.74) is 2.62. The number of halogens is 1. The summed E-state index contributed by atoms with van der Waals surface area (Å²) >= 11 is 0. The average molecular weight is 362 g/mol. The van der Waals surface area contributed by atoms with Crippen LogP contribution in [-0.2, 0) is 4.79 Å². The van der Waals surface area contributed by atoms with Gasteiger partial charge in [-0.2, -0.15) is 5.10 Å². The molecule has 0 saturated carbocycles. The summed E-state index contributed by atoms with van der Waals surface area (Å²) < 4.78 is 19.4. The van der Waals surface area contributed by atoms with Crippen molar-refractivity contribution in [3.05, 3.63) is 77.6 Å². The van der Waals surface area contributed by atoms with E-state index < -0.39 is 0 Å². The van der Waals surface area contributed by atoms with Crippen molar-refractivity contribution in [2.24, 2.45) is 5.10 Å². The summed E-state index contributed by atoms with van der Waals surface area (Å²) in [4.78, 5) is 12.2. The van der Waals surface area contributed by atoms with Gasteiger partial charge in [0.05, 0.1) is 18.9 Å². The second-order valence-electron chi connectivity index (χ2n) is 6.54. The number of ether oxygens (including phenoxy) is 1. The van der Waals surface area contributed by atoms with Crippen molar-refractivity contribution in [1.29, 1.82) is 0 Å². The van der Waals surface area contributed by atoms with Crippen LogP contribution in [0.5, 0.6) is 5.75 Å². The molecule has 27 heavy (non-hydrogen) atoms. The van der Waals surface area contributed by atoms with Crippen molar-refractivity contribution in [3.8, 4) is 5.75 Å². The molecule has 0 radical (unpaired) electrons. The van der Waals surface area contributed by atoms with E-state index in [-0.39, 0.29) is 17.8 Å². The predicted molar refractivity (Wildman–Crippen MR) is 103 cm³/mol. The highest BCUT2D eigenvalue weighted by atomic mass is 19.1. The third kappa shape index (κ3) is 3.05. The Balaban J connectivity index is 1.76. The van der Waals surface area contributed by atoms with Gasteiger partial charge in [0.25, 0.3) is 0 Å². The smallest absolute Gasteiger partial charge is 0.240 e. The molecule has 1 aliphatic heterocycles. The minimum Gasteiger partial charge on any atom is -0.497 e. The number of carbonyl (C=O) groups excluding carboxylic acids is 1. The first-order valence-electron chi connectivity index (χ1n) is 8.77. The zero-order chi connectivity index (χ0) is 19.0. The summed E-state index contributed by atoms with van der Waals surface area (Å²) in [6.45, 7) is 1.51. The molecule has 1 aliphatic rings. The van der Waals surface area contributed by atoms with E-state index in [0.717, 1.165) is 28.0 Å². The van der Waals surface area contributed by atoms with Crippen LogP contribution in [-0.4, -0.2) is 23.7 Å². The first-order chi connectivity index (χ1) is 13.1. The van der Waals surface area contributed by atoms with Crippen LogP contribution in [0.1, 0.15) is 30.5 Å². The molecule has 0 bridgehead atoms. The van der Waals surface area contributed by atoms with Crippen molar-refractivity contribution >= 4 is 22.4 Å². The van der Waals surface area contributed by atoms with Crippen LogP contribution in [0.3, 0.4) is 0 Å². The van der Waals surface area contributed by atoms with E-state index in [0.29, 0.717) is 11.8 Å². The molecule has 3 aromatic rings. The van der Waals surface area contributed by atoms with Gasteiger partial charge in [0.15, 0.2) is 0 Å². The summed E-state index contributed by atoms with van der Waals surface area (Å²) in [5.74, 6) is 0.372. The van der Waals surface area contributed by atoms with Crippen LogP contribution in [0.15, 0.2) is 65.8 Å². The molecule has 0 aromatic heterocycles. The van der Waals surface area contributed by atoms with Crippen molar-refractivity contribution in [3.63, 3.8) is 0 Å². The molecule has 0 aliphatic carbocycles. The molecule has 0 saturated heterocycles. The molecule has 3 aromatic carbocycles. The van der Waals surface area contributed by atoms with Gasteiger partial charge in [-0.05, 0) is 35.2 Å². The number of amides is 1. The third-order valence-electron chi connectivity index (χ3n) is 4.92. The Morgan fingerprint density at radius 1 is 1.07 bits per heavy atom. The number of hydrogen-bond acceptors (Lipinski definition) is 3. The molecule has 136 valence electrons. The first kappa shape index (κ1) is 17.2. The minimum atomic E-state index is -0.261. The van der Waals surface area contributed by atoms with Gasteiger partial charge in [-0.25, -0.2) is 9.40 Å². The monoisotopic (exact) mass is 362 g/mol. The predicted octanol–water partition coefficient (Wildman–Crippen LogP) is 4.69. The molecular weight excluding hydrogens is 343 g/mol. The lowest BCUT2D eigenvalue weighted by atomic mass is 9.95. The van der Waals surface area contributed by atoms with Gasteiger partial charge in [-0.15, -0.1) is 0 Å². The topological polar surface area (TPSA) is 41.9 Å². The fourth-order valence-electron chi connectivity index (χ4n) is 3.56. The van der Waals surface area contributed by atoms with Crippen LogP contribution >= 0.6 is 0 Å². The Bertz CT molecular complexity index is 1040. The van der Waals surface area contributed by atoms with E-state index in [1.807, 2.05) is 42.5 Å². The fourth-order valence-corrected chi connectivity index (χ4v) is 3.56. The Morgan fingerprint density at radius 3 is 2.44 bits per heavy atom. The van der Waals surface area contributed by atoms with Crippen LogP contribution in [0.25, 0.3) is 10.8 Å². The second-order valence-corrected chi connectivity index (χ2v) is 6.54. The molecule has 0 spiro atoms. The highest BCUT2D eigenvalue weighted by Crippen LogP contribution is 2.35. The van der Waals surface area contributed by atoms with Crippen LogP contribution < -0.4 is 4.74 Å². The largest absolute Gasteiger partial charge is 0.497 e. The molecule has 0 fully saturated rings. The SMILES string of the molecule is COc1ccc(C2CC(c3ccc(F)c4ccccc34)=NN2C(C)=O)cc1. The molecule has 4 rings (SSSR count). The standard InChI is InChI=1S/C22H19FN2O2/c1-14(26)25-22(15-7-9-16(27-2)10-8-15)13-21(24-25)19-11-12-20(23)18-6-4-3-5-17(18)19/h3-12,22H,13H2,1-2H3. The number of methoxy groups -OCH3 is 1. The Hall–Kier alpha value is -3.21. The number of fused-ring (bicyclic) bond motifs is 1. The second kappa shape index (κ2) is 6.83. The minimum absolute atomic E-state index is 0.128. The fraction of sp³-hybridized carbons (Fsp3) is 0.182. The van der Waals surface area contributed by atoms with Crippen molar-refractivity contribution in [2.45, 2.75) is 19.4 Å².